The molecule has 0 saturated carbocycles. The predicted molar refractivity (Wildman–Crippen MR) is 86.7 cm³/mol. The average Bonchev–Trinajstić information content (AvgIpc) is 2.46. The van der Waals surface area contributed by atoms with Gasteiger partial charge in [-0.3, -0.25) is 4.79 Å². The smallest absolute Gasteiger partial charge is 0.251 e. The monoisotopic (exact) mass is 329 g/mol. The number of benzene rings is 2. The van der Waals surface area contributed by atoms with Crippen molar-refractivity contribution in [3.05, 3.63) is 75.8 Å². The lowest BCUT2D eigenvalue weighted by Crippen LogP contribution is -2.23. The molecule has 0 fully saturated rings. The van der Waals surface area contributed by atoms with Crippen molar-refractivity contribution in [2.75, 3.05) is 6.54 Å². The fourth-order valence-electron chi connectivity index (χ4n) is 1.73. The van der Waals surface area contributed by atoms with Crippen LogP contribution >= 0.6 is 15.9 Å². The lowest BCUT2D eigenvalue weighted by atomic mass is 10.1. The molecule has 2 aromatic carbocycles. The first kappa shape index (κ1) is 14.5. The number of carbonyl (C=O) groups is 1. The van der Waals surface area contributed by atoms with E-state index in [1.165, 1.54) is 5.56 Å². The topological polar surface area (TPSA) is 29.1 Å². The van der Waals surface area contributed by atoms with Gasteiger partial charge in [-0.05, 0) is 36.8 Å². The molecule has 2 nitrogen and oxygen atoms in total. The molecule has 0 aliphatic carbocycles. The zero-order chi connectivity index (χ0) is 14.4. The zero-order valence-electron chi connectivity index (χ0n) is 11.3. The van der Waals surface area contributed by atoms with Gasteiger partial charge in [0.2, 0.25) is 0 Å². The summed E-state index contributed by atoms with van der Waals surface area (Å²) in [6, 6.07) is 15.6. The second-order valence-electron chi connectivity index (χ2n) is 4.53. The Balaban J connectivity index is 1.85. The number of hydrogen-bond acceptors (Lipinski definition) is 1. The van der Waals surface area contributed by atoms with Crippen molar-refractivity contribution in [1.82, 2.24) is 5.32 Å². The van der Waals surface area contributed by atoms with Gasteiger partial charge in [0, 0.05) is 16.6 Å². The maximum atomic E-state index is 11.9. The standard InChI is InChI=1S/C17H16BrNO/c1-13-4-6-14(7-5-13)3-2-12-19-17(20)15-8-10-16(18)11-9-15/h2-11H,12H2,1H3,(H,19,20)/b3-2+. The van der Waals surface area contributed by atoms with E-state index in [9.17, 15) is 4.79 Å². The molecule has 0 aliphatic rings. The Morgan fingerprint density at radius 1 is 1.10 bits per heavy atom. The molecule has 0 bridgehead atoms. The van der Waals surface area contributed by atoms with Gasteiger partial charge in [0.15, 0.2) is 0 Å². The molecule has 0 atom stereocenters. The molecular formula is C17H16BrNO. The van der Waals surface area contributed by atoms with Gasteiger partial charge in [0.05, 0.1) is 0 Å². The molecule has 0 radical (unpaired) electrons. The van der Waals surface area contributed by atoms with Gasteiger partial charge in [-0.15, -0.1) is 0 Å². The minimum absolute atomic E-state index is 0.0638. The summed E-state index contributed by atoms with van der Waals surface area (Å²) >= 11 is 3.35. The van der Waals surface area contributed by atoms with Gasteiger partial charge < -0.3 is 5.32 Å². The molecule has 1 amide bonds. The van der Waals surface area contributed by atoms with Crippen LogP contribution in [0, 0.1) is 6.92 Å². The quantitative estimate of drug-likeness (QED) is 0.894. The maximum Gasteiger partial charge on any atom is 0.251 e. The van der Waals surface area contributed by atoms with Crippen LogP contribution in [-0.2, 0) is 0 Å². The van der Waals surface area contributed by atoms with Gasteiger partial charge in [-0.2, -0.15) is 0 Å². The third kappa shape index (κ3) is 4.35. The summed E-state index contributed by atoms with van der Waals surface area (Å²) in [6.45, 7) is 2.58. The number of aryl methyl sites for hydroxylation is 1. The van der Waals surface area contributed by atoms with E-state index in [-0.39, 0.29) is 5.91 Å². The molecule has 1 N–H and O–H groups in total. The summed E-state index contributed by atoms with van der Waals surface area (Å²) in [5, 5.41) is 2.86. The van der Waals surface area contributed by atoms with Crippen molar-refractivity contribution in [1.29, 1.82) is 0 Å². The molecule has 2 aromatic rings. The number of amides is 1. The number of carbonyl (C=O) groups excluding carboxylic acids is 1. The van der Waals surface area contributed by atoms with Crippen LogP contribution in [0.25, 0.3) is 6.08 Å². The first-order valence-corrected chi connectivity index (χ1v) is 7.21. The van der Waals surface area contributed by atoms with E-state index in [0.717, 1.165) is 10.0 Å². The van der Waals surface area contributed by atoms with Crippen molar-refractivity contribution in [2.45, 2.75) is 6.92 Å². The van der Waals surface area contributed by atoms with E-state index in [2.05, 4.69) is 52.4 Å². The SMILES string of the molecule is Cc1ccc(/C=C/CNC(=O)c2ccc(Br)cc2)cc1. The summed E-state index contributed by atoms with van der Waals surface area (Å²) in [4.78, 5) is 11.9. The van der Waals surface area contributed by atoms with E-state index in [4.69, 9.17) is 0 Å². The Kier molecular flexibility index (Phi) is 5.13. The van der Waals surface area contributed by atoms with E-state index < -0.39 is 0 Å². The number of halogens is 1. The first-order chi connectivity index (χ1) is 9.65. The van der Waals surface area contributed by atoms with Gasteiger partial charge in [0.1, 0.15) is 0 Å². The van der Waals surface area contributed by atoms with Crippen LogP contribution in [-0.4, -0.2) is 12.5 Å². The third-order valence-corrected chi connectivity index (χ3v) is 3.40. The second kappa shape index (κ2) is 7.06. The molecule has 0 aliphatic heterocycles. The van der Waals surface area contributed by atoms with Gasteiger partial charge in [-0.1, -0.05) is 57.9 Å². The molecule has 20 heavy (non-hydrogen) atoms. The average molecular weight is 330 g/mol. The zero-order valence-corrected chi connectivity index (χ0v) is 12.9. The van der Waals surface area contributed by atoms with Crippen LogP contribution in [0.15, 0.2) is 59.1 Å². The minimum Gasteiger partial charge on any atom is -0.349 e. The summed E-state index contributed by atoms with van der Waals surface area (Å²) < 4.78 is 0.966. The highest BCUT2D eigenvalue weighted by atomic mass is 79.9. The van der Waals surface area contributed by atoms with Crippen LogP contribution in [0.2, 0.25) is 0 Å². The molecule has 3 heteroatoms. The normalized spacial score (nSPS) is 10.7. The lowest BCUT2D eigenvalue weighted by Gasteiger charge is -2.02. The Hall–Kier alpha value is -1.87. The summed E-state index contributed by atoms with van der Waals surface area (Å²) in [5.41, 5.74) is 3.04. The van der Waals surface area contributed by atoms with E-state index in [1.807, 2.05) is 24.3 Å². The van der Waals surface area contributed by atoms with Crippen LogP contribution in [0.5, 0.6) is 0 Å². The summed E-state index contributed by atoms with van der Waals surface area (Å²) in [5.74, 6) is -0.0638. The van der Waals surface area contributed by atoms with Crippen LogP contribution in [0.4, 0.5) is 0 Å². The Morgan fingerprint density at radius 2 is 1.75 bits per heavy atom. The largest absolute Gasteiger partial charge is 0.349 e. The number of nitrogens with one attached hydrogen (secondary N) is 1. The fourth-order valence-corrected chi connectivity index (χ4v) is 1.99. The van der Waals surface area contributed by atoms with Gasteiger partial charge >= 0.3 is 0 Å². The molecule has 0 heterocycles. The van der Waals surface area contributed by atoms with Crippen molar-refractivity contribution >= 4 is 27.9 Å². The second-order valence-corrected chi connectivity index (χ2v) is 5.45. The fraction of sp³-hybridized carbons (Fsp3) is 0.118. The predicted octanol–water partition coefficient (Wildman–Crippen LogP) is 4.20. The number of rotatable bonds is 4. The van der Waals surface area contributed by atoms with Crippen LogP contribution in [0.1, 0.15) is 21.5 Å². The Labute approximate surface area is 127 Å². The van der Waals surface area contributed by atoms with Crippen molar-refractivity contribution < 1.29 is 4.79 Å². The summed E-state index contributed by atoms with van der Waals surface area (Å²) in [6.07, 6.45) is 3.95. The Bertz CT molecular complexity index is 600. The third-order valence-electron chi connectivity index (χ3n) is 2.87. The molecule has 2 rings (SSSR count). The Morgan fingerprint density at radius 3 is 2.40 bits per heavy atom. The molecule has 0 saturated heterocycles. The number of hydrogen-bond donors (Lipinski definition) is 1. The minimum atomic E-state index is -0.0638. The van der Waals surface area contributed by atoms with E-state index in [1.54, 1.807) is 12.1 Å². The van der Waals surface area contributed by atoms with Gasteiger partial charge in [-0.25, -0.2) is 0 Å². The molecular weight excluding hydrogens is 314 g/mol. The highest BCUT2D eigenvalue weighted by Crippen LogP contribution is 2.10. The molecule has 102 valence electrons. The molecule has 0 spiro atoms. The molecule has 0 unspecified atom stereocenters. The van der Waals surface area contributed by atoms with E-state index in [0.29, 0.717) is 12.1 Å². The van der Waals surface area contributed by atoms with Crippen molar-refractivity contribution in [2.24, 2.45) is 0 Å². The van der Waals surface area contributed by atoms with Crippen LogP contribution < -0.4 is 5.32 Å². The highest BCUT2D eigenvalue weighted by molar-refractivity contribution is 9.10. The maximum absolute atomic E-state index is 11.9. The van der Waals surface area contributed by atoms with E-state index >= 15 is 0 Å². The van der Waals surface area contributed by atoms with Crippen molar-refractivity contribution in [3.8, 4) is 0 Å². The van der Waals surface area contributed by atoms with Crippen molar-refractivity contribution in [3.63, 3.8) is 0 Å². The van der Waals surface area contributed by atoms with Crippen LogP contribution in [0.3, 0.4) is 0 Å². The summed E-state index contributed by atoms with van der Waals surface area (Å²) in [7, 11) is 0. The van der Waals surface area contributed by atoms with Gasteiger partial charge in [0.25, 0.3) is 5.91 Å². The highest BCUT2D eigenvalue weighted by Gasteiger charge is 2.02. The first-order valence-electron chi connectivity index (χ1n) is 6.42. The lowest BCUT2D eigenvalue weighted by molar-refractivity contribution is 0.0958. The molecule has 0 aromatic heterocycles.